The predicted octanol–water partition coefficient (Wildman–Crippen LogP) is 2.95. The maximum atomic E-state index is 11.7. The van der Waals surface area contributed by atoms with E-state index in [0.29, 0.717) is 17.5 Å². The number of carbonyl (C=O) groups is 1. The largest absolute Gasteiger partial charge is 0.399 e. The van der Waals surface area contributed by atoms with E-state index in [2.05, 4.69) is 20.6 Å². The van der Waals surface area contributed by atoms with E-state index in [9.17, 15) is 4.79 Å². The van der Waals surface area contributed by atoms with Crippen LogP contribution >= 0.6 is 0 Å². The van der Waals surface area contributed by atoms with Gasteiger partial charge >= 0.3 is 0 Å². The van der Waals surface area contributed by atoms with Gasteiger partial charge in [0.2, 0.25) is 5.95 Å². The Balaban J connectivity index is 1.93. The van der Waals surface area contributed by atoms with Crippen LogP contribution in [0.1, 0.15) is 15.9 Å². The SMILES string of the molecule is Cc1cccc(Nc2nc(Nc3cccc(N)c3)ncc2C(N)=O)c1. The molecule has 7 heteroatoms. The number of nitrogens with two attached hydrogens (primary N) is 2. The predicted molar refractivity (Wildman–Crippen MR) is 99.1 cm³/mol. The first-order chi connectivity index (χ1) is 12.0. The molecular formula is C18H18N6O. The summed E-state index contributed by atoms with van der Waals surface area (Å²) in [7, 11) is 0. The van der Waals surface area contributed by atoms with Gasteiger partial charge in [0.25, 0.3) is 5.91 Å². The van der Waals surface area contributed by atoms with Gasteiger partial charge in [-0.25, -0.2) is 4.98 Å². The van der Waals surface area contributed by atoms with Crippen LogP contribution in [0.2, 0.25) is 0 Å². The number of hydrogen-bond acceptors (Lipinski definition) is 6. The van der Waals surface area contributed by atoms with Gasteiger partial charge in [0.1, 0.15) is 11.4 Å². The Kier molecular flexibility index (Phi) is 4.47. The van der Waals surface area contributed by atoms with Crippen molar-refractivity contribution in [3.63, 3.8) is 0 Å². The molecule has 0 radical (unpaired) electrons. The number of aryl methyl sites for hydroxylation is 1. The Morgan fingerprint density at radius 3 is 2.44 bits per heavy atom. The Bertz CT molecular complexity index is 925. The summed E-state index contributed by atoms with van der Waals surface area (Å²) in [6, 6.07) is 14.9. The van der Waals surface area contributed by atoms with E-state index in [1.807, 2.05) is 43.3 Å². The average Bonchev–Trinajstić information content (AvgIpc) is 2.55. The van der Waals surface area contributed by atoms with Gasteiger partial charge in [0.15, 0.2) is 0 Å². The highest BCUT2D eigenvalue weighted by atomic mass is 16.1. The smallest absolute Gasteiger partial charge is 0.254 e. The van der Waals surface area contributed by atoms with Crippen LogP contribution in [0.4, 0.5) is 28.8 Å². The summed E-state index contributed by atoms with van der Waals surface area (Å²) in [6.45, 7) is 1.98. The molecule has 2 aromatic carbocycles. The topological polar surface area (TPSA) is 119 Å². The maximum absolute atomic E-state index is 11.7. The molecule has 1 amide bonds. The van der Waals surface area contributed by atoms with Crippen molar-refractivity contribution in [3.8, 4) is 0 Å². The van der Waals surface area contributed by atoms with E-state index in [1.165, 1.54) is 6.20 Å². The van der Waals surface area contributed by atoms with Crippen LogP contribution in [-0.4, -0.2) is 15.9 Å². The van der Waals surface area contributed by atoms with Crippen molar-refractivity contribution in [1.29, 1.82) is 0 Å². The van der Waals surface area contributed by atoms with Gasteiger partial charge in [-0.1, -0.05) is 18.2 Å². The molecule has 0 aliphatic heterocycles. The maximum Gasteiger partial charge on any atom is 0.254 e. The molecule has 0 saturated heterocycles. The summed E-state index contributed by atoms with van der Waals surface area (Å²) in [5, 5.41) is 6.17. The van der Waals surface area contributed by atoms with Crippen LogP contribution in [0.25, 0.3) is 0 Å². The fourth-order valence-corrected chi connectivity index (χ4v) is 2.32. The second-order valence-electron chi connectivity index (χ2n) is 5.57. The van der Waals surface area contributed by atoms with Crippen LogP contribution in [0.5, 0.6) is 0 Å². The third kappa shape index (κ3) is 4.03. The number of amides is 1. The molecule has 0 atom stereocenters. The molecule has 0 unspecified atom stereocenters. The molecule has 1 aromatic heterocycles. The lowest BCUT2D eigenvalue weighted by molar-refractivity contribution is 0.100. The molecule has 7 nitrogen and oxygen atoms in total. The lowest BCUT2D eigenvalue weighted by Crippen LogP contribution is -2.15. The van der Waals surface area contributed by atoms with Crippen molar-refractivity contribution in [3.05, 3.63) is 65.9 Å². The molecule has 3 aromatic rings. The number of carbonyl (C=O) groups excluding carboxylic acids is 1. The first-order valence-corrected chi connectivity index (χ1v) is 7.64. The van der Waals surface area contributed by atoms with Crippen molar-refractivity contribution in [1.82, 2.24) is 9.97 Å². The highest BCUT2D eigenvalue weighted by Gasteiger charge is 2.13. The zero-order valence-corrected chi connectivity index (χ0v) is 13.7. The second-order valence-corrected chi connectivity index (χ2v) is 5.57. The van der Waals surface area contributed by atoms with Gasteiger partial charge < -0.3 is 22.1 Å². The number of rotatable bonds is 5. The molecular weight excluding hydrogens is 316 g/mol. The van der Waals surface area contributed by atoms with Gasteiger partial charge in [0.05, 0.1) is 0 Å². The van der Waals surface area contributed by atoms with E-state index in [0.717, 1.165) is 16.9 Å². The Morgan fingerprint density at radius 1 is 1.04 bits per heavy atom. The number of hydrogen-bond donors (Lipinski definition) is 4. The lowest BCUT2D eigenvalue weighted by atomic mass is 10.2. The summed E-state index contributed by atoms with van der Waals surface area (Å²) in [6.07, 6.45) is 1.39. The van der Waals surface area contributed by atoms with Crippen molar-refractivity contribution in [2.45, 2.75) is 6.92 Å². The van der Waals surface area contributed by atoms with Gasteiger partial charge in [-0.2, -0.15) is 4.98 Å². The normalized spacial score (nSPS) is 10.3. The zero-order chi connectivity index (χ0) is 17.8. The monoisotopic (exact) mass is 334 g/mol. The summed E-state index contributed by atoms with van der Waals surface area (Å²) >= 11 is 0. The Labute approximate surface area is 145 Å². The fourth-order valence-electron chi connectivity index (χ4n) is 2.32. The van der Waals surface area contributed by atoms with Crippen LogP contribution in [0, 0.1) is 6.92 Å². The molecule has 0 fully saturated rings. The van der Waals surface area contributed by atoms with E-state index < -0.39 is 5.91 Å². The van der Waals surface area contributed by atoms with Gasteiger partial charge in [-0.3, -0.25) is 4.79 Å². The number of primary amides is 1. The zero-order valence-electron chi connectivity index (χ0n) is 13.7. The third-order valence-corrected chi connectivity index (χ3v) is 3.48. The van der Waals surface area contributed by atoms with E-state index in [4.69, 9.17) is 11.5 Å². The van der Waals surface area contributed by atoms with Crippen LogP contribution < -0.4 is 22.1 Å². The Morgan fingerprint density at radius 2 is 1.76 bits per heavy atom. The summed E-state index contributed by atoms with van der Waals surface area (Å²) in [4.78, 5) is 20.2. The summed E-state index contributed by atoms with van der Waals surface area (Å²) in [5.41, 5.74) is 14.6. The average molecular weight is 334 g/mol. The van der Waals surface area contributed by atoms with E-state index in [-0.39, 0.29) is 5.56 Å². The van der Waals surface area contributed by atoms with Crippen LogP contribution in [-0.2, 0) is 0 Å². The molecule has 0 aliphatic carbocycles. The molecule has 0 aliphatic rings. The number of aromatic nitrogens is 2. The highest BCUT2D eigenvalue weighted by Crippen LogP contribution is 2.22. The molecule has 0 spiro atoms. The minimum absolute atomic E-state index is 0.208. The van der Waals surface area contributed by atoms with Crippen LogP contribution in [0.3, 0.4) is 0 Å². The standard InChI is InChI=1S/C18H18N6O/c1-11-4-2-6-13(8-11)22-17-15(16(20)25)10-21-18(24-17)23-14-7-3-5-12(19)9-14/h2-10H,19H2,1H3,(H2,20,25)(H2,21,22,23,24). The molecule has 6 N–H and O–H groups in total. The number of nitrogens with zero attached hydrogens (tertiary/aromatic N) is 2. The van der Waals surface area contributed by atoms with Crippen LogP contribution in [0.15, 0.2) is 54.7 Å². The molecule has 126 valence electrons. The minimum atomic E-state index is -0.606. The van der Waals surface area contributed by atoms with Crippen molar-refractivity contribution < 1.29 is 4.79 Å². The highest BCUT2D eigenvalue weighted by molar-refractivity contribution is 5.98. The first kappa shape index (κ1) is 16.3. The molecule has 0 saturated carbocycles. The summed E-state index contributed by atoms with van der Waals surface area (Å²) in [5.74, 6) is 0.0518. The summed E-state index contributed by atoms with van der Waals surface area (Å²) < 4.78 is 0. The van der Waals surface area contributed by atoms with Crippen molar-refractivity contribution in [2.24, 2.45) is 5.73 Å². The van der Waals surface area contributed by atoms with Gasteiger partial charge in [-0.05, 0) is 42.8 Å². The van der Waals surface area contributed by atoms with Gasteiger partial charge in [-0.15, -0.1) is 0 Å². The van der Waals surface area contributed by atoms with E-state index >= 15 is 0 Å². The van der Waals surface area contributed by atoms with Crippen molar-refractivity contribution in [2.75, 3.05) is 16.4 Å². The number of benzene rings is 2. The molecule has 0 bridgehead atoms. The quantitative estimate of drug-likeness (QED) is 0.533. The Hall–Kier alpha value is -3.61. The lowest BCUT2D eigenvalue weighted by Gasteiger charge is -2.12. The van der Waals surface area contributed by atoms with Gasteiger partial charge in [0, 0.05) is 23.3 Å². The number of nitrogen functional groups attached to an aromatic ring is 1. The van der Waals surface area contributed by atoms with Crippen molar-refractivity contribution >= 4 is 34.7 Å². The minimum Gasteiger partial charge on any atom is -0.399 e. The van der Waals surface area contributed by atoms with E-state index in [1.54, 1.807) is 12.1 Å². The fraction of sp³-hybridized carbons (Fsp3) is 0.0556. The first-order valence-electron chi connectivity index (χ1n) is 7.64. The third-order valence-electron chi connectivity index (χ3n) is 3.48. The molecule has 25 heavy (non-hydrogen) atoms. The second kappa shape index (κ2) is 6.88. The number of nitrogens with one attached hydrogen (secondary N) is 2. The molecule has 1 heterocycles. The number of anilines is 5. The molecule has 3 rings (SSSR count).